The third kappa shape index (κ3) is 12.7. The van der Waals surface area contributed by atoms with Crippen LogP contribution >= 0.6 is 0 Å². The van der Waals surface area contributed by atoms with E-state index in [1.165, 1.54) is 7.11 Å². The van der Waals surface area contributed by atoms with Gasteiger partial charge in [-0.25, -0.2) is 0 Å². The van der Waals surface area contributed by atoms with Gasteiger partial charge in [-0.3, -0.25) is 4.79 Å². The van der Waals surface area contributed by atoms with Gasteiger partial charge in [0.15, 0.2) is 6.29 Å². The molecule has 0 radical (unpaired) electrons. The fraction of sp³-hybridized carbons (Fsp3) is 0.676. The van der Waals surface area contributed by atoms with Gasteiger partial charge in [-0.1, -0.05) is 55.0 Å². The molecule has 2 unspecified atom stereocenters. The van der Waals surface area contributed by atoms with Gasteiger partial charge in [0, 0.05) is 33.5 Å². The molecule has 0 spiro atoms. The Hall–Kier alpha value is -2.15. The predicted molar refractivity (Wildman–Crippen MR) is 168 cm³/mol. The molecule has 10 atom stereocenters. The normalized spacial score (nSPS) is 38.3. The Bertz CT molecular complexity index is 1000. The molecule has 0 aromatic heterocycles. The van der Waals surface area contributed by atoms with Crippen LogP contribution in [-0.4, -0.2) is 102 Å². The number of cyclic esters (lactones) is 1. The number of rotatable bonds is 8. The number of methoxy groups -OCH3 is 2. The molecule has 0 aromatic carbocycles. The zero-order valence-corrected chi connectivity index (χ0v) is 27.1. The largest absolute Gasteiger partial charge is 0.458 e. The average molecular weight is 623 g/mol. The molecule has 250 valence electrons. The molecule has 0 aromatic rings. The molecule has 2 rings (SSSR count). The average Bonchev–Trinajstić information content (AvgIpc) is 2.97. The fourth-order valence-corrected chi connectivity index (χ4v) is 5.46. The minimum absolute atomic E-state index is 0.0117. The summed E-state index contributed by atoms with van der Waals surface area (Å²) in [5, 5.41) is 42.2. The zero-order valence-electron chi connectivity index (χ0n) is 27.1. The maximum absolute atomic E-state index is 13.3. The van der Waals surface area contributed by atoms with Gasteiger partial charge >= 0.3 is 5.97 Å². The number of carbonyl (C=O) groups is 1. The van der Waals surface area contributed by atoms with Gasteiger partial charge in [-0.15, -0.1) is 0 Å². The second kappa shape index (κ2) is 20.1. The highest BCUT2D eigenvalue weighted by Crippen LogP contribution is 2.28. The number of aliphatic hydroxyl groups excluding tert-OH is 4. The second-order valence-corrected chi connectivity index (χ2v) is 11.7. The van der Waals surface area contributed by atoms with Gasteiger partial charge in [-0.05, 0) is 51.2 Å². The molecule has 10 heteroatoms. The Morgan fingerprint density at radius 1 is 1.07 bits per heavy atom. The van der Waals surface area contributed by atoms with E-state index in [1.807, 2.05) is 57.2 Å². The molecular weight excluding hydrogens is 568 g/mol. The maximum Gasteiger partial charge on any atom is 0.309 e. The molecule has 2 heterocycles. The number of carbonyl (C=O) groups excluding carboxylic acids is 1. The van der Waals surface area contributed by atoms with Crippen molar-refractivity contribution in [1.29, 1.82) is 0 Å². The van der Waals surface area contributed by atoms with E-state index in [1.54, 1.807) is 7.11 Å². The summed E-state index contributed by atoms with van der Waals surface area (Å²) in [5.41, 5.74) is 2.03. The Balaban J connectivity index is 2.39. The van der Waals surface area contributed by atoms with E-state index in [4.69, 9.17) is 23.7 Å². The van der Waals surface area contributed by atoms with Crippen molar-refractivity contribution in [2.45, 2.75) is 121 Å². The molecule has 44 heavy (non-hydrogen) atoms. The lowest BCUT2D eigenvalue weighted by Crippen LogP contribution is -2.60. The van der Waals surface area contributed by atoms with Crippen LogP contribution in [0.3, 0.4) is 0 Å². The Morgan fingerprint density at radius 2 is 1.77 bits per heavy atom. The van der Waals surface area contributed by atoms with Gasteiger partial charge in [0.25, 0.3) is 0 Å². The molecule has 10 nitrogen and oxygen atoms in total. The van der Waals surface area contributed by atoms with E-state index < -0.39 is 61.6 Å². The van der Waals surface area contributed by atoms with Crippen LogP contribution in [-0.2, 0) is 28.5 Å². The number of hydrogen-bond acceptors (Lipinski definition) is 10. The molecule has 2 aliphatic heterocycles. The minimum Gasteiger partial charge on any atom is -0.458 e. The van der Waals surface area contributed by atoms with Gasteiger partial charge in [0.1, 0.15) is 30.5 Å². The van der Waals surface area contributed by atoms with E-state index in [9.17, 15) is 25.2 Å². The van der Waals surface area contributed by atoms with Crippen LogP contribution < -0.4 is 0 Å². The van der Waals surface area contributed by atoms with Gasteiger partial charge < -0.3 is 44.1 Å². The minimum atomic E-state index is -1.42. The number of allylic oxidation sites excluding steroid dienone is 7. The quantitative estimate of drug-likeness (QED) is 0.234. The smallest absolute Gasteiger partial charge is 0.309 e. The summed E-state index contributed by atoms with van der Waals surface area (Å²) < 4.78 is 28.6. The van der Waals surface area contributed by atoms with Gasteiger partial charge in [0.05, 0.1) is 31.3 Å². The summed E-state index contributed by atoms with van der Waals surface area (Å²) in [6.07, 6.45) is 9.13. The molecule has 2 aliphatic rings. The van der Waals surface area contributed by atoms with Crippen molar-refractivity contribution in [2.75, 3.05) is 20.8 Å². The summed E-state index contributed by atoms with van der Waals surface area (Å²) in [7, 11) is 2.91. The molecule has 0 bridgehead atoms. The van der Waals surface area contributed by atoms with E-state index in [-0.39, 0.29) is 31.3 Å². The van der Waals surface area contributed by atoms with Crippen molar-refractivity contribution in [3.63, 3.8) is 0 Å². The van der Waals surface area contributed by atoms with E-state index in [0.29, 0.717) is 6.42 Å². The molecule has 1 saturated heterocycles. The summed E-state index contributed by atoms with van der Waals surface area (Å²) in [6.45, 7) is 7.48. The highest BCUT2D eigenvalue weighted by molar-refractivity contribution is 5.70. The van der Waals surface area contributed by atoms with Crippen molar-refractivity contribution in [2.24, 2.45) is 5.92 Å². The van der Waals surface area contributed by atoms with Crippen molar-refractivity contribution < 1.29 is 48.9 Å². The number of ether oxygens (including phenoxy) is 5. The topological polar surface area (TPSA) is 144 Å². The van der Waals surface area contributed by atoms with Crippen molar-refractivity contribution >= 4 is 5.97 Å². The van der Waals surface area contributed by atoms with Crippen molar-refractivity contribution in [1.82, 2.24) is 0 Å². The summed E-state index contributed by atoms with van der Waals surface area (Å²) in [5.74, 6) is -0.295. The third-order valence-corrected chi connectivity index (χ3v) is 7.86. The molecule has 1 fully saturated rings. The van der Waals surface area contributed by atoms with Crippen LogP contribution in [0.2, 0.25) is 0 Å². The lowest BCUT2D eigenvalue weighted by Gasteiger charge is -2.42. The summed E-state index contributed by atoms with van der Waals surface area (Å²) >= 11 is 0. The lowest BCUT2D eigenvalue weighted by atomic mass is 9.96. The van der Waals surface area contributed by atoms with Crippen LogP contribution in [0, 0.1) is 5.92 Å². The second-order valence-electron chi connectivity index (χ2n) is 11.7. The summed E-state index contributed by atoms with van der Waals surface area (Å²) in [6, 6.07) is 0. The first-order chi connectivity index (χ1) is 21.0. The fourth-order valence-electron chi connectivity index (χ4n) is 5.46. The van der Waals surface area contributed by atoms with Crippen LogP contribution in [0.4, 0.5) is 0 Å². The first-order valence-corrected chi connectivity index (χ1v) is 15.5. The monoisotopic (exact) mass is 622 g/mol. The van der Waals surface area contributed by atoms with E-state index >= 15 is 0 Å². The highest BCUT2D eigenvalue weighted by Gasteiger charge is 2.46. The lowest BCUT2D eigenvalue weighted by molar-refractivity contribution is -0.316. The highest BCUT2D eigenvalue weighted by atomic mass is 16.7. The van der Waals surface area contributed by atoms with Gasteiger partial charge in [-0.2, -0.15) is 0 Å². The molecule has 0 amide bonds. The Morgan fingerprint density at radius 3 is 2.41 bits per heavy atom. The maximum atomic E-state index is 13.3. The third-order valence-electron chi connectivity index (χ3n) is 7.86. The van der Waals surface area contributed by atoms with Gasteiger partial charge in [0.2, 0.25) is 0 Å². The SMILES string of the molecule is C/C=C/C/C(C)=C\C1C/C=C/C=C/C[C@H](C)/C=C(\C)[C@@H](OC)C[C@@H](O)CC(O[C@@H]2O[C@H](CO)[C@@H](O)[C@H](OC)[C@H]2O)CC(=O)O1. The molecule has 0 aliphatic carbocycles. The Labute approximate surface area is 262 Å². The first-order valence-electron chi connectivity index (χ1n) is 15.5. The number of esters is 1. The molecular formula is C34H54O10. The molecule has 4 N–H and O–H groups in total. The van der Waals surface area contributed by atoms with Crippen LogP contribution in [0.5, 0.6) is 0 Å². The van der Waals surface area contributed by atoms with Crippen LogP contribution in [0.25, 0.3) is 0 Å². The zero-order chi connectivity index (χ0) is 32.6. The standard InChI is InChI=1S/C34H54O10/c1-7-8-13-23(3)17-26-15-12-10-9-11-14-22(2)16-24(4)28(40-5)19-25(36)18-27(20-30(37)42-26)43-34-32(39)33(41-6)31(38)29(21-35)44-34/h7-12,16-17,22,25-29,31-36,38-39H,13-15,18-21H2,1-6H3/b8-7+,11-9+,12-10+,23-17-,24-16+/t22-,25-,26?,27?,28-,29+,31+,32+,33-,34+/m0/s1. The van der Waals surface area contributed by atoms with E-state index in [2.05, 4.69) is 19.1 Å². The van der Waals surface area contributed by atoms with Crippen LogP contribution in [0.1, 0.15) is 66.2 Å². The Kier molecular flexibility index (Phi) is 17.4. The molecule has 0 saturated carbocycles. The number of hydrogen-bond donors (Lipinski definition) is 4. The van der Waals surface area contributed by atoms with Crippen molar-refractivity contribution in [3.8, 4) is 0 Å². The summed E-state index contributed by atoms with van der Waals surface area (Å²) in [4.78, 5) is 13.3. The van der Waals surface area contributed by atoms with Crippen molar-refractivity contribution in [3.05, 3.63) is 59.8 Å². The number of aliphatic hydroxyl groups is 4. The van der Waals surface area contributed by atoms with E-state index in [0.717, 1.165) is 24.0 Å². The van der Waals surface area contributed by atoms with Crippen LogP contribution in [0.15, 0.2) is 59.8 Å². The predicted octanol–water partition coefficient (Wildman–Crippen LogP) is 3.68. The first kappa shape index (κ1) is 38.0.